The first-order chi connectivity index (χ1) is 12.7. The number of nitrogens with zero attached hydrogens (tertiary/aromatic N) is 1. The first kappa shape index (κ1) is 19.1. The van der Waals surface area contributed by atoms with Gasteiger partial charge in [0, 0.05) is 34.4 Å². The van der Waals surface area contributed by atoms with E-state index in [0.717, 1.165) is 49.0 Å². The van der Waals surface area contributed by atoms with Crippen LogP contribution in [0, 0.1) is 0 Å². The van der Waals surface area contributed by atoms with E-state index in [2.05, 4.69) is 10.2 Å². The van der Waals surface area contributed by atoms with Crippen molar-refractivity contribution in [3.05, 3.63) is 53.6 Å². The number of hydrogen-bond donors (Lipinski definition) is 1. The molecule has 1 aliphatic heterocycles. The Morgan fingerprint density at radius 2 is 1.81 bits per heavy atom. The third-order valence-corrected chi connectivity index (χ3v) is 5.89. The fourth-order valence-corrected chi connectivity index (χ4v) is 3.88. The lowest BCUT2D eigenvalue weighted by atomic mass is 10.2. The summed E-state index contributed by atoms with van der Waals surface area (Å²) in [5.74, 6) is 0.0200. The van der Waals surface area contributed by atoms with Gasteiger partial charge in [0.25, 0.3) is 0 Å². The Morgan fingerprint density at radius 3 is 2.42 bits per heavy atom. The van der Waals surface area contributed by atoms with Gasteiger partial charge >= 0.3 is 0 Å². The normalized spacial score (nSPS) is 15.5. The molecule has 0 aliphatic carbocycles. The fraction of sp³-hybridized carbons (Fsp3) is 0.350. The van der Waals surface area contributed by atoms with Gasteiger partial charge in [0.05, 0.1) is 18.5 Å². The SMILES string of the molecule is CCC(Sc1ccc(Cl)cc1)C(=O)Nc1ccc(N2CCOCC2)cc1. The van der Waals surface area contributed by atoms with Gasteiger partial charge in [-0.25, -0.2) is 0 Å². The summed E-state index contributed by atoms with van der Waals surface area (Å²) in [7, 11) is 0. The molecule has 6 heteroatoms. The summed E-state index contributed by atoms with van der Waals surface area (Å²) in [5.41, 5.74) is 1.98. The van der Waals surface area contributed by atoms with Crippen LogP contribution in [-0.2, 0) is 9.53 Å². The molecule has 0 saturated carbocycles. The topological polar surface area (TPSA) is 41.6 Å². The molecule has 1 heterocycles. The third kappa shape index (κ3) is 5.16. The minimum Gasteiger partial charge on any atom is -0.378 e. The zero-order chi connectivity index (χ0) is 18.4. The molecule has 1 aliphatic rings. The number of hydrogen-bond acceptors (Lipinski definition) is 4. The van der Waals surface area contributed by atoms with Crippen molar-refractivity contribution in [2.75, 3.05) is 36.5 Å². The quantitative estimate of drug-likeness (QED) is 0.727. The van der Waals surface area contributed by atoms with Gasteiger partial charge in [0.2, 0.25) is 5.91 Å². The fourth-order valence-electron chi connectivity index (χ4n) is 2.80. The number of benzene rings is 2. The molecule has 2 aromatic rings. The van der Waals surface area contributed by atoms with Crippen LogP contribution in [0.4, 0.5) is 11.4 Å². The standard InChI is InChI=1S/C20H23ClN2O2S/c1-2-19(26-18-9-3-15(21)4-10-18)20(24)22-16-5-7-17(8-6-16)23-11-13-25-14-12-23/h3-10,19H,2,11-14H2,1H3,(H,22,24). The molecule has 1 saturated heterocycles. The van der Waals surface area contributed by atoms with Crippen molar-refractivity contribution in [1.29, 1.82) is 0 Å². The molecule has 1 N–H and O–H groups in total. The number of halogens is 1. The van der Waals surface area contributed by atoms with E-state index >= 15 is 0 Å². The van der Waals surface area contributed by atoms with Crippen LogP contribution in [0.25, 0.3) is 0 Å². The zero-order valence-electron chi connectivity index (χ0n) is 14.8. The van der Waals surface area contributed by atoms with E-state index in [1.54, 1.807) is 11.8 Å². The van der Waals surface area contributed by atoms with Crippen molar-refractivity contribution in [1.82, 2.24) is 0 Å². The molecular weight excluding hydrogens is 368 g/mol. The van der Waals surface area contributed by atoms with Crippen molar-refractivity contribution in [2.45, 2.75) is 23.5 Å². The van der Waals surface area contributed by atoms with Gasteiger partial charge < -0.3 is 15.0 Å². The molecule has 1 unspecified atom stereocenters. The highest BCUT2D eigenvalue weighted by Gasteiger charge is 2.18. The average molecular weight is 391 g/mol. The number of morpholine rings is 1. The molecule has 1 amide bonds. The Kier molecular flexibility index (Phi) is 6.83. The number of carbonyl (C=O) groups excluding carboxylic acids is 1. The van der Waals surface area contributed by atoms with E-state index in [4.69, 9.17) is 16.3 Å². The lowest BCUT2D eigenvalue weighted by molar-refractivity contribution is -0.115. The van der Waals surface area contributed by atoms with Crippen molar-refractivity contribution in [2.24, 2.45) is 0 Å². The summed E-state index contributed by atoms with van der Waals surface area (Å²) in [5, 5.41) is 3.58. The van der Waals surface area contributed by atoms with Crippen LogP contribution in [0.15, 0.2) is 53.4 Å². The second kappa shape index (κ2) is 9.31. The summed E-state index contributed by atoms with van der Waals surface area (Å²) in [6, 6.07) is 15.6. The number of nitrogens with one attached hydrogen (secondary N) is 1. The van der Waals surface area contributed by atoms with Crippen molar-refractivity contribution < 1.29 is 9.53 Å². The smallest absolute Gasteiger partial charge is 0.237 e. The van der Waals surface area contributed by atoms with Crippen molar-refractivity contribution in [3.63, 3.8) is 0 Å². The highest BCUT2D eigenvalue weighted by molar-refractivity contribution is 8.00. The van der Waals surface area contributed by atoms with E-state index in [9.17, 15) is 4.79 Å². The van der Waals surface area contributed by atoms with Crippen LogP contribution in [0.5, 0.6) is 0 Å². The molecule has 3 rings (SSSR count). The summed E-state index contributed by atoms with van der Waals surface area (Å²) in [4.78, 5) is 15.9. The molecule has 1 fully saturated rings. The number of anilines is 2. The van der Waals surface area contributed by atoms with Crippen LogP contribution in [0.3, 0.4) is 0 Å². The maximum Gasteiger partial charge on any atom is 0.237 e. The molecule has 4 nitrogen and oxygen atoms in total. The summed E-state index contributed by atoms with van der Waals surface area (Å²) < 4.78 is 5.38. The molecule has 138 valence electrons. The Balaban J connectivity index is 1.59. The van der Waals surface area contributed by atoms with Gasteiger partial charge in [-0.1, -0.05) is 18.5 Å². The van der Waals surface area contributed by atoms with Crippen LogP contribution in [0.2, 0.25) is 5.02 Å². The predicted octanol–water partition coefficient (Wildman–Crippen LogP) is 4.69. The van der Waals surface area contributed by atoms with E-state index in [1.165, 1.54) is 0 Å². The average Bonchev–Trinajstić information content (AvgIpc) is 2.68. The summed E-state index contributed by atoms with van der Waals surface area (Å²) in [6.07, 6.45) is 0.755. The molecule has 26 heavy (non-hydrogen) atoms. The lowest BCUT2D eigenvalue weighted by Gasteiger charge is -2.29. The maximum absolute atomic E-state index is 12.6. The molecule has 2 aromatic carbocycles. The van der Waals surface area contributed by atoms with Crippen molar-refractivity contribution in [3.8, 4) is 0 Å². The third-order valence-electron chi connectivity index (χ3n) is 4.27. The zero-order valence-corrected chi connectivity index (χ0v) is 16.4. The Morgan fingerprint density at radius 1 is 1.15 bits per heavy atom. The highest BCUT2D eigenvalue weighted by Crippen LogP contribution is 2.28. The molecule has 0 aromatic heterocycles. The van der Waals surface area contributed by atoms with Gasteiger partial charge in [-0.05, 0) is 55.0 Å². The monoisotopic (exact) mass is 390 g/mol. The van der Waals surface area contributed by atoms with Gasteiger partial charge in [0.1, 0.15) is 0 Å². The van der Waals surface area contributed by atoms with Crippen LogP contribution >= 0.6 is 23.4 Å². The molecule has 0 radical (unpaired) electrons. The van der Waals surface area contributed by atoms with Crippen LogP contribution < -0.4 is 10.2 Å². The van der Waals surface area contributed by atoms with Gasteiger partial charge in [-0.15, -0.1) is 11.8 Å². The summed E-state index contributed by atoms with van der Waals surface area (Å²) in [6.45, 7) is 5.36. The molecule has 0 spiro atoms. The van der Waals surface area contributed by atoms with E-state index in [1.807, 2.05) is 55.5 Å². The predicted molar refractivity (Wildman–Crippen MR) is 109 cm³/mol. The number of amides is 1. The molecule has 0 bridgehead atoms. The highest BCUT2D eigenvalue weighted by atomic mass is 35.5. The Labute approximate surface area is 163 Å². The van der Waals surface area contributed by atoms with Gasteiger partial charge in [-0.3, -0.25) is 4.79 Å². The van der Waals surface area contributed by atoms with E-state index < -0.39 is 0 Å². The minimum atomic E-state index is -0.143. The number of carbonyl (C=O) groups is 1. The van der Waals surface area contributed by atoms with Crippen molar-refractivity contribution >= 4 is 40.6 Å². The van der Waals surface area contributed by atoms with E-state index in [0.29, 0.717) is 5.02 Å². The second-order valence-corrected chi connectivity index (χ2v) is 7.82. The van der Waals surface area contributed by atoms with Gasteiger partial charge in [-0.2, -0.15) is 0 Å². The Hall–Kier alpha value is -1.69. The molecular formula is C20H23ClN2O2S. The lowest BCUT2D eigenvalue weighted by Crippen LogP contribution is -2.36. The van der Waals surface area contributed by atoms with Crippen LogP contribution in [0.1, 0.15) is 13.3 Å². The minimum absolute atomic E-state index is 0.0200. The largest absolute Gasteiger partial charge is 0.378 e. The first-order valence-corrected chi connectivity index (χ1v) is 10.1. The second-order valence-electron chi connectivity index (χ2n) is 6.10. The number of ether oxygens (including phenoxy) is 1. The summed E-state index contributed by atoms with van der Waals surface area (Å²) >= 11 is 7.48. The number of rotatable bonds is 6. The maximum atomic E-state index is 12.6. The number of thioether (sulfide) groups is 1. The van der Waals surface area contributed by atoms with E-state index in [-0.39, 0.29) is 11.2 Å². The van der Waals surface area contributed by atoms with Crippen LogP contribution in [-0.4, -0.2) is 37.5 Å². The van der Waals surface area contributed by atoms with Gasteiger partial charge in [0.15, 0.2) is 0 Å². The Bertz CT molecular complexity index is 716. The molecule has 1 atom stereocenters. The first-order valence-electron chi connectivity index (χ1n) is 8.81.